The Morgan fingerprint density at radius 3 is 2.56 bits per heavy atom. The van der Waals surface area contributed by atoms with E-state index in [9.17, 15) is 0 Å². The van der Waals surface area contributed by atoms with Crippen molar-refractivity contribution in [3.05, 3.63) is 29.3 Å². The number of nitrogens with zero attached hydrogens (tertiary/aromatic N) is 1. The first kappa shape index (κ1) is 13.0. The minimum Gasteiger partial charge on any atom is -0.496 e. The van der Waals surface area contributed by atoms with Gasteiger partial charge in [-0.05, 0) is 31.8 Å². The van der Waals surface area contributed by atoms with Crippen molar-refractivity contribution in [1.29, 1.82) is 0 Å². The number of nitrogens with two attached hydrogens (primary N) is 2. The second-order valence-corrected chi connectivity index (χ2v) is 4.15. The lowest BCUT2D eigenvalue weighted by atomic mass is 10.0. The van der Waals surface area contributed by atoms with E-state index >= 15 is 0 Å². The van der Waals surface area contributed by atoms with Gasteiger partial charge in [-0.2, -0.15) is 0 Å². The molecular weight excluding hydrogens is 202 g/mol. The fraction of sp³-hybridized carbons (Fsp3) is 0.500. The maximum Gasteiger partial charge on any atom is 0.123 e. The van der Waals surface area contributed by atoms with Crippen LogP contribution in [0.2, 0.25) is 0 Å². The zero-order chi connectivity index (χ0) is 12.1. The Labute approximate surface area is 97.2 Å². The number of hydrogen-bond donors (Lipinski definition) is 2. The summed E-state index contributed by atoms with van der Waals surface area (Å²) >= 11 is 0. The van der Waals surface area contributed by atoms with Crippen molar-refractivity contribution in [2.45, 2.75) is 12.6 Å². The standard InChI is InChI=1S/C12H21N3O/c1-15(2)8-10-6-9(11(14)7-13)4-5-12(10)16-3/h4-6,11H,7-8,13-14H2,1-3H3/t11-/m1/s1. The summed E-state index contributed by atoms with van der Waals surface area (Å²) in [6, 6.07) is 5.88. The second-order valence-electron chi connectivity index (χ2n) is 4.15. The van der Waals surface area contributed by atoms with Gasteiger partial charge < -0.3 is 21.1 Å². The lowest BCUT2D eigenvalue weighted by Crippen LogP contribution is -2.21. The van der Waals surface area contributed by atoms with E-state index in [1.165, 1.54) is 0 Å². The predicted molar refractivity (Wildman–Crippen MR) is 66.4 cm³/mol. The van der Waals surface area contributed by atoms with E-state index in [2.05, 4.69) is 11.0 Å². The summed E-state index contributed by atoms with van der Waals surface area (Å²) in [5.74, 6) is 0.890. The third-order valence-electron chi connectivity index (χ3n) is 2.47. The number of ether oxygens (including phenoxy) is 1. The summed E-state index contributed by atoms with van der Waals surface area (Å²) < 4.78 is 5.32. The summed E-state index contributed by atoms with van der Waals surface area (Å²) in [7, 11) is 5.72. The second kappa shape index (κ2) is 5.84. The molecule has 0 saturated heterocycles. The normalized spacial score (nSPS) is 12.9. The molecule has 90 valence electrons. The SMILES string of the molecule is COc1ccc([C@H](N)CN)cc1CN(C)C. The van der Waals surface area contributed by atoms with Gasteiger partial charge in [-0.15, -0.1) is 0 Å². The van der Waals surface area contributed by atoms with Crippen molar-refractivity contribution in [3.63, 3.8) is 0 Å². The van der Waals surface area contributed by atoms with Crippen molar-refractivity contribution in [2.75, 3.05) is 27.7 Å². The van der Waals surface area contributed by atoms with Gasteiger partial charge in [0.25, 0.3) is 0 Å². The van der Waals surface area contributed by atoms with Crippen LogP contribution in [0.15, 0.2) is 18.2 Å². The van der Waals surface area contributed by atoms with Crippen molar-refractivity contribution < 1.29 is 4.74 Å². The Bertz CT molecular complexity index is 339. The molecule has 0 aliphatic carbocycles. The van der Waals surface area contributed by atoms with E-state index < -0.39 is 0 Å². The molecule has 0 fully saturated rings. The van der Waals surface area contributed by atoms with Crippen molar-refractivity contribution in [2.24, 2.45) is 11.5 Å². The molecule has 0 heterocycles. The molecule has 4 N–H and O–H groups in total. The molecule has 0 aliphatic heterocycles. The average molecular weight is 223 g/mol. The molecule has 1 atom stereocenters. The molecule has 0 bridgehead atoms. The average Bonchev–Trinajstić information content (AvgIpc) is 2.27. The predicted octanol–water partition coefficient (Wildman–Crippen LogP) is 0.715. The molecule has 0 aromatic heterocycles. The molecule has 1 aromatic carbocycles. The zero-order valence-electron chi connectivity index (χ0n) is 10.2. The molecule has 0 saturated carbocycles. The topological polar surface area (TPSA) is 64.5 Å². The maximum absolute atomic E-state index is 5.91. The molecule has 0 radical (unpaired) electrons. The Kier molecular flexibility index (Phi) is 4.73. The highest BCUT2D eigenvalue weighted by atomic mass is 16.5. The van der Waals surface area contributed by atoms with Gasteiger partial charge in [0.15, 0.2) is 0 Å². The molecule has 4 heteroatoms. The number of methoxy groups -OCH3 is 1. The lowest BCUT2D eigenvalue weighted by molar-refractivity contribution is 0.371. The molecular formula is C12H21N3O. The molecule has 4 nitrogen and oxygen atoms in total. The van der Waals surface area contributed by atoms with Crippen LogP contribution < -0.4 is 16.2 Å². The van der Waals surface area contributed by atoms with Gasteiger partial charge in [0.05, 0.1) is 7.11 Å². The highest BCUT2D eigenvalue weighted by molar-refractivity contribution is 5.38. The van der Waals surface area contributed by atoms with Gasteiger partial charge in [-0.25, -0.2) is 0 Å². The molecule has 1 rings (SSSR count). The van der Waals surface area contributed by atoms with Crippen LogP contribution >= 0.6 is 0 Å². The van der Waals surface area contributed by atoms with Gasteiger partial charge in [0.1, 0.15) is 5.75 Å². The summed E-state index contributed by atoms with van der Waals surface area (Å²) in [6.07, 6.45) is 0. The summed E-state index contributed by atoms with van der Waals surface area (Å²) in [6.45, 7) is 1.28. The van der Waals surface area contributed by atoms with Crippen molar-refractivity contribution in [3.8, 4) is 5.75 Å². The third-order valence-corrected chi connectivity index (χ3v) is 2.47. The number of benzene rings is 1. The molecule has 0 spiro atoms. The quantitative estimate of drug-likeness (QED) is 0.772. The van der Waals surface area contributed by atoms with Gasteiger partial charge in [-0.3, -0.25) is 0 Å². The Morgan fingerprint density at radius 2 is 2.06 bits per heavy atom. The Balaban J connectivity index is 3.00. The van der Waals surface area contributed by atoms with Crippen LogP contribution in [0.3, 0.4) is 0 Å². The largest absolute Gasteiger partial charge is 0.496 e. The molecule has 16 heavy (non-hydrogen) atoms. The van der Waals surface area contributed by atoms with Crippen LogP contribution in [0.1, 0.15) is 17.2 Å². The molecule has 1 aromatic rings. The van der Waals surface area contributed by atoms with Gasteiger partial charge in [-0.1, -0.05) is 6.07 Å². The number of hydrogen-bond acceptors (Lipinski definition) is 4. The van der Waals surface area contributed by atoms with E-state index in [-0.39, 0.29) is 6.04 Å². The summed E-state index contributed by atoms with van der Waals surface area (Å²) in [4.78, 5) is 2.09. The van der Waals surface area contributed by atoms with Crippen molar-refractivity contribution in [1.82, 2.24) is 4.90 Å². The smallest absolute Gasteiger partial charge is 0.123 e. The Morgan fingerprint density at radius 1 is 1.38 bits per heavy atom. The van der Waals surface area contributed by atoms with E-state index in [0.717, 1.165) is 23.4 Å². The first-order valence-electron chi connectivity index (χ1n) is 5.35. The van der Waals surface area contributed by atoms with Gasteiger partial charge >= 0.3 is 0 Å². The van der Waals surface area contributed by atoms with E-state index in [0.29, 0.717) is 6.54 Å². The zero-order valence-corrected chi connectivity index (χ0v) is 10.2. The highest BCUT2D eigenvalue weighted by Gasteiger charge is 2.09. The van der Waals surface area contributed by atoms with Crippen LogP contribution in [-0.2, 0) is 6.54 Å². The van der Waals surface area contributed by atoms with E-state index in [1.807, 2.05) is 26.2 Å². The molecule has 0 aliphatic rings. The van der Waals surface area contributed by atoms with Gasteiger partial charge in [0, 0.05) is 24.7 Å². The molecule has 0 unspecified atom stereocenters. The van der Waals surface area contributed by atoms with Crippen LogP contribution in [0.5, 0.6) is 5.75 Å². The molecule has 0 amide bonds. The van der Waals surface area contributed by atoms with Crippen LogP contribution in [-0.4, -0.2) is 32.6 Å². The van der Waals surface area contributed by atoms with Crippen LogP contribution in [0.25, 0.3) is 0 Å². The Hall–Kier alpha value is -1.10. The van der Waals surface area contributed by atoms with Crippen LogP contribution in [0, 0.1) is 0 Å². The van der Waals surface area contributed by atoms with Crippen LogP contribution in [0.4, 0.5) is 0 Å². The van der Waals surface area contributed by atoms with Crippen molar-refractivity contribution >= 4 is 0 Å². The first-order valence-corrected chi connectivity index (χ1v) is 5.35. The lowest BCUT2D eigenvalue weighted by Gasteiger charge is -2.16. The monoisotopic (exact) mass is 223 g/mol. The first-order chi connectivity index (χ1) is 7.58. The third kappa shape index (κ3) is 3.20. The maximum atomic E-state index is 5.91. The fourth-order valence-corrected chi connectivity index (χ4v) is 1.63. The minimum absolute atomic E-state index is 0.105. The van der Waals surface area contributed by atoms with Gasteiger partial charge in [0.2, 0.25) is 0 Å². The fourth-order valence-electron chi connectivity index (χ4n) is 1.63. The number of rotatable bonds is 5. The van der Waals surface area contributed by atoms with E-state index in [4.69, 9.17) is 16.2 Å². The minimum atomic E-state index is -0.105. The highest BCUT2D eigenvalue weighted by Crippen LogP contribution is 2.23. The summed E-state index contributed by atoms with van der Waals surface area (Å²) in [5.41, 5.74) is 13.7. The summed E-state index contributed by atoms with van der Waals surface area (Å²) in [5, 5.41) is 0. The van der Waals surface area contributed by atoms with E-state index in [1.54, 1.807) is 7.11 Å².